The molecule has 1 aromatic heterocycles. The first-order valence-corrected chi connectivity index (χ1v) is 5.09. The van der Waals surface area contributed by atoms with E-state index in [1.54, 1.807) is 24.5 Å². The molecule has 1 amide bonds. The minimum absolute atomic E-state index is 0.0156. The van der Waals surface area contributed by atoms with E-state index in [9.17, 15) is 4.79 Å². The Morgan fingerprint density at radius 1 is 1.25 bits per heavy atom. The highest BCUT2D eigenvalue weighted by Gasteiger charge is 2.11. The maximum absolute atomic E-state index is 12.0. The zero-order chi connectivity index (χ0) is 11.4. The average Bonchev–Trinajstić information content (AvgIpc) is 2.82. The first-order valence-electron chi connectivity index (χ1n) is 5.09. The Morgan fingerprint density at radius 3 is 2.62 bits per heavy atom. The van der Waals surface area contributed by atoms with E-state index in [2.05, 4.69) is 0 Å². The van der Waals surface area contributed by atoms with Gasteiger partial charge in [0, 0.05) is 24.7 Å². The van der Waals surface area contributed by atoms with Crippen LogP contribution in [0.3, 0.4) is 0 Å². The van der Waals surface area contributed by atoms with Gasteiger partial charge in [-0.3, -0.25) is 4.79 Å². The van der Waals surface area contributed by atoms with Crippen molar-refractivity contribution in [1.82, 2.24) is 4.90 Å². The summed E-state index contributed by atoms with van der Waals surface area (Å²) in [5.41, 5.74) is 1.69. The fourth-order valence-corrected chi connectivity index (χ4v) is 1.53. The van der Waals surface area contributed by atoms with Crippen molar-refractivity contribution in [2.45, 2.75) is 6.54 Å². The van der Waals surface area contributed by atoms with Crippen LogP contribution in [0.4, 0.5) is 0 Å². The van der Waals surface area contributed by atoms with Crippen LogP contribution in [0.25, 0.3) is 0 Å². The van der Waals surface area contributed by atoms with E-state index in [0.29, 0.717) is 12.1 Å². The number of hydrogen-bond acceptors (Lipinski definition) is 2. The highest BCUT2D eigenvalue weighted by Crippen LogP contribution is 2.08. The molecule has 16 heavy (non-hydrogen) atoms. The summed E-state index contributed by atoms with van der Waals surface area (Å²) in [5.74, 6) is 0.0156. The van der Waals surface area contributed by atoms with Crippen LogP contribution in [0.15, 0.2) is 53.3 Å². The summed E-state index contributed by atoms with van der Waals surface area (Å²) in [6, 6.07) is 11.1. The summed E-state index contributed by atoms with van der Waals surface area (Å²) in [5, 5.41) is 0. The van der Waals surface area contributed by atoms with Crippen molar-refractivity contribution in [3.8, 4) is 0 Å². The van der Waals surface area contributed by atoms with Crippen LogP contribution < -0.4 is 0 Å². The van der Waals surface area contributed by atoms with Crippen LogP contribution in [0.2, 0.25) is 0 Å². The number of rotatable bonds is 3. The molecule has 3 heteroatoms. The maximum Gasteiger partial charge on any atom is 0.253 e. The number of nitrogens with zero attached hydrogens (tertiary/aromatic N) is 1. The molecule has 0 aliphatic carbocycles. The van der Waals surface area contributed by atoms with Crippen LogP contribution >= 0.6 is 0 Å². The quantitative estimate of drug-likeness (QED) is 0.788. The van der Waals surface area contributed by atoms with Crippen molar-refractivity contribution in [3.63, 3.8) is 0 Å². The number of hydrogen-bond donors (Lipinski definition) is 0. The Morgan fingerprint density at radius 2 is 2.00 bits per heavy atom. The summed E-state index contributed by atoms with van der Waals surface area (Å²) in [6.07, 6.45) is 3.25. The molecule has 2 rings (SSSR count). The van der Waals surface area contributed by atoms with E-state index in [-0.39, 0.29) is 5.91 Å². The second kappa shape index (κ2) is 4.66. The van der Waals surface area contributed by atoms with Gasteiger partial charge in [0.05, 0.1) is 12.5 Å². The lowest BCUT2D eigenvalue weighted by molar-refractivity contribution is 0.0785. The third-order valence-electron chi connectivity index (χ3n) is 2.37. The van der Waals surface area contributed by atoms with Crippen molar-refractivity contribution >= 4 is 5.91 Å². The molecule has 0 radical (unpaired) electrons. The van der Waals surface area contributed by atoms with Crippen LogP contribution in [0, 0.1) is 0 Å². The van der Waals surface area contributed by atoms with E-state index in [1.807, 2.05) is 36.4 Å². The monoisotopic (exact) mass is 215 g/mol. The minimum atomic E-state index is 0.0156. The molecule has 0 saturated heterocycles. The molecular weight excluding hydrogens is 202 g/mol. The Hall–Kier alpha value is -2.03. The van der Waals surface area contributed by atoms with E-state index < -0.39 is 0 Å². The molecule has 0 bridgehead atoms. The highest BCUT2D eigenvalue weighted by molar-refractivity contribution is 5.93. The Bertz CT molecular complexity index is 448. The Labute approximate surface area is 94.3 Å². The number of amides is 1. The van der Waals surface area contributed by atoms with Gasteiger partial charge in [-0.25, -0.2) is 0 Å². The second-order valence-electron chi connectivity index (χ2n) is 3.66. The zero-order valence-electron chi connectivity index (χ0n) is 9.09. The smallest absolute Gasteiger partial charge is 0.253 e. The molecule has 0 spiro atoms. The molecular formula is C13H13NO2. The predicted octanol–water partition coefficient (Wildman–Crippen LogP) is 2.55. The van der Waals surface area contributed by atoms with Crippen LogP contribution in [0.5, 0.6) is 0 Å². The van der Waals surface area contributed by atoms with Gasteiger partial charge in [0.1, 0.15) is 0 Å². The summed E-state index contributed by atoms with van der Waals surface area (Å²) in [6.45, 7) is 0.560. The van der Waals surface area contributed by atoms with Crippen LogP contribution in [-0.2, 0) is 6.54 Å². The van der Waals surface area contributed by atoms with Crippen molar-refractivity contribution in [2.24, 2.45) is 0 Å². The SMILES string of the molecule is CN(Cc1ccoc1)C(=O)c1ccccc1. The molecule has 0 N–H and O–H groups in total. The van der Waals surface area contributed by atoms with Gasteiger partial charge in [0.15, 0.2) is 0 Å². The van der Waals surface area contributed by atoms with Gasteiger partial charge in [-0.05, 0) is 18.2 Å². The summed E-state index contributed by atoms with van der Waals surface area (Å²) < 4.78 is 4.96. The molecule has 0 aliphatic rings. The van der Waals surface area contributed by atoms with E-state index in [0.717, 1.165) is 5.56 Å². The largest absolute Gasteiger partial charge is 0.472 e. The molecule has 0 saturated carbocycles. The molecule has 0 unspecified atom stereocenters. The topological polar surface area (TPSA) is 33.5 Å². The molecule has 0 aliphatic heterocycles. The van der Waals surface area contributed by atoms with Crippen molar-refractivity contribution in [2.75, 3.05) is 7.05 Å². The molecule has 0 atom stereocenters. The number of carbonyl (C=O) groups is 1. The number of furan rings is 1. The third-order valence-corrected chi connectivity index (χ3v) is 2.37. The predicted molar refractivity (Wildman–Crippen MR) is 60.9 cm³/mol. The zero-order valence-corrected chi connectivity index (χ0v) is 9.09. The standard InChI is InChI=1S/C13H13NO2/c1-14(9-11-7-8-16-10-11)13(15)12-5-3-2-4-6-12/h2-8,10H,9H2,1H3. The fourth-order valence-electron chi connectivity index (χ4n) is 1.53. The summed E-state index contributed by atoms with van der Waals surface area (Å²) >= 11 is 0. The normalized spacial score (nSPS) is 10.1. The number of benzene rings is 1. The van der Waals surface area contributed by atoms with E-state index >= 15 is 0 Å². The van der Waals surface area contributed by atoms with Gasteiger partial charge >= 0.3 is 0 Å². The Balaban J connectivity index is 2.05. The Kier molecular flexibility index (Phi) is 3.05. The summed E-state index contributed by atoms with van der Waals surface area (Å²) in [7, 11) is 1.78. The first-order chi connectivity index (χ1) is 7.77. The molecule has 1 heterocycles. The van der Waals surface area contributed by atoms with Crippen molar-refractivity contribution in [1.29, 1.82) is 0 Å². The van der Waals surface area contributed by atoms with Gasteiger partial charge in [-0.15, -0.1) is 0 Å². The molecule has 2 aromatic rings. The lowest BCUT2D eigenvalue weighted by Crippen LogP contribution is -2.25. The molecule has 82 valence electrons. The molecule has 0 fully saturated rings. The summed E-state index contributed by atoms with van der Waals surface area (Å²) in [4.78, 5) is 13.6. The molecule has 3 nitrogen and oxygen atoms in total. The lowest BCUT2D eigenvalue weighted by Gasteiger charge is -2.15. The van der Waals surface area contributed by atoms with Gasteiger partial charge in [0.25, 0.3) is 5.91 Å². The van der Waals surface area contributed by atoms with E-state index in [1.165, 1.54) is 0 Å². The van der Waals surface area contributed by atoms with Gasteiger partial charge in [-0.2, -0.15) is 0 Å². The van der Waals surface area contributed by atoms with Gasteiger partial charge in [-0.1, -0.05) is 18.2 Å². The highest BCUT2D eigenvalue weighted by atomic mass is 16.3. The van der Waals surface area contributed by atoms with Crippen LogP contribution in [0.1, 0.15) is 15.9 Å². The lowest BCUT2D eigenvalue weighted by atomic mass is 10.2. The van der Waals surface area contributed by atoms with Gasteiger partial charge < -0.3 is 9.32 Å². The van der Waals surface area contributed by atoms with Gasteiger partial charge in [0.2, 0.25) is 0 Å². The first kappa shape index (κ1) is 10.5. The van der Waals surface area contributed by atoms with E-state index in [4.69, 9.17) is 4.42 Å². The third kappa shape index (κ3) is 2.31. The van der Waals surface area contributed by atoms with Crippen molar-refractivity contribution < 1.29 is 9.21 Å². The average molecular weight is 215 g/mol. The van der Waals surface area contributed by atoms with Crippen LogP contribution in [-0.4, -0.2) is 17.9 Å². The molecule has 1 aromatic carbocycles. The fraction of sp³-hybridized carbons (Fsp3) is 0.154. The minimum Gasteiger partial charge on any atom is -0.472 e. The maximum atomic E-state index is 12.0. The second-order valence-corrected chi connectivity index (χ2v) is 3.66. The number of carbonyl (C=O) groups excluding carboxylic acids is 1. The van der Waals surface area contributed by atoms with Crippen molar-refractivity contribution in [3.05, 3.63) is 60.1 Å².